The number of rotatable bonds is 6. The number of hydrogen-bond donors (Lipinski definition) is 3. The Balaban J connectivity index is 2.08. The van der Waals surface area contributed by atoms with Crippen LogP contribution in [0, 0.1) is 0 Å². The van der Waals surface area contributed by atoms with E-state index in [1.54, 1.807) is 44.2 Å². The molecule has 2 amide bonds. The molecule has 0 heterocycles. The monoisotopic (exact) mass is 388 g/mol. The predicted octanol–water partition coefficient (Wildman–Crippen LogP) is 3.46. The third-order valence-electron chi connectivity index (χ3n) is 4.24. The maximum Gasteiger partial charge on any atom is 0.325 e. The third-order valence-corrected chi connectivity index (χ3v) is 4.47. The maximum absolute atomic E-state index is 12.7. The van der Waals surface area contributed by atoms with E-state index in [1.165, 1.54) is 19.1 Å². The lowest BCUT2D eigenvalue weighted by Crippen LogP contribution is -2.38. The molecule has 0 aromatic heterocycles. The molecule has 0 bridgehead atoms. The van der Waals surface area contributed by atoms with Crippen LogP contribution in [-0.2, 0) is 15.0 Å². The Hall–Kier alpha value is -2.86. The Morgan fingerprint density at radius 3 is 2.26 bits per heavy atom. The lowest BCUT2D eigenvalue weighted by atomic mass is 9.83. The van der Waals surface area contributed by atoms with Crippen molar-refractivity contribution in [2.24, 2.45) is 0 Å². The lowest BCUT2D eigenvalue weighted by molar-refractivity contribution is -0.138. The van der Waals surface area contributed by atoms with E-state index in [1.807, 2.05) is 6.07 Å². The second kappa shape index (κ2) is 8.22. The fourth-order valence-corrected chi connectivity index (χ4v) is 2.53. The number of carbonyl (C=O) groups excluding carboxylic acids is 2. The molecule has 27 heavy (non-hydrogen) atoms. The summed E-state index contributed by atoms with van der Waals surface area (Å²) in [6.45, 7) is 4.97. The Kier molecular flexibility index (Phi) is 6.23. The topological polar surface area (TPSA) is 95.5 Å². The van der Waals surface area contributed by atoms with Crippen LogP contribution in [0.4, 0.5) is 5.69 Å². The van der Waals surface area contributed by atoms with Crippen LogP contribution >= 0.6 is 11.6 Å². The highest BCUT2D eigenvalue weighted by Crippen LogP contribution is 2.27. The van der Waals surface area contributed by atoms with Gasteiger partial charge < -0.3 is 15.7 Å². The van der Waals surface area contributed by atoms with Crippen molar-refractivity contribution in [1.82, 2.24) is 5.32 Å². The van der Waals surface area contributed by atoms with E-state index in [-0.39, 0.29) is 5.91 Å². The van der Waals surface area contributed by atoms with Gasteiger partial charge in [-0.15, -0.1) is 0 Å². The fraction of sp³-hybridized carbons (Fsp3) is 0.250. The largest absolute Gasteiger partial charge is 0.480 e. The van der Waals surface area contributed by atoms with E-state index in [9.17, 15) is 14.4 Å². The number of carboxylic acids is 1. The van der Waals surface area contributed by atoms with Crippen molar-refractivity contribution in [3.05, 3.63) is 64.7 Å². The molecule has 0 saturated heterocycles. The first-order valence-electron chi connectivity index (χ1n) is 8.32. The number of halogens is 1. The van der Waals surface area contributed by atoms with Gasteiger partial charge in [0.05, 0.1) is 5.41 Å². The van der Waals surface area contributed by atoms with Crippen LogP contribution in [0.3, 0.4) is 0 Å². The molecule has 0 aliphatic rings. The standard InChI is InChI=1S/C20H21ClN2O4/c1-12(18(25)26)22-17(24)13-7-9-16(10-8-13)23-19(27)20(2,3)14-5-4-6-15(21)11-14/h4-12H,1-3H3,(H,22,24)(H,23,27)(H,25,26). The van der Waals surface area contributed by atoms with Crippen molar-refractivity contribution < 1.29 is 19.5 Å². The molecule has 0 saturated carbocycles. The average Bonchev–Trinajstić information content (AvgIpc) is 2.62. The number of benzene rings is 2. The predicted molar refractivity (Wildman–Crippen MR) is 104 cm³/mol. The highest BCUT2D eigenvalue weighted by Gasteiger charge is 2.30. The quantitative estimate of drug-likeness (QED) is 0.706. The van der Waals surface area contributed by atoms with Gasteiger partial charge in [-0.25, -0.2) is 0 Å². The zero-order valence-corrected chi connectivity index (χ0v) is 16.0. The van der Waals surface area contributed by atoms with Gasteiger partial charge in [-0.2, -0.15) is 0 Å². The molecule has 0 fully saturated rings. The van der Waals surface area contributed by atoms with Crippen LogP contribution in [0.25, 0.3) is 0 Å². The molecule has 2 aromatic rings. The van der Waals surface area contributed by atoms with Crippen LogP contribution in [0.5, 0.6) is 0 Å². The van der Waals surface area contributed by atoms with Gasteiger partial charge in [0, 0.05) is 16.3 Å². The Morgan fingerprint density at radius 2 is 1.70 bits per heavy atom. The molecule has 2 aromatic carbocycles. The summed E-state index contributed by atoms with van der Waals surface area (Å²) >= 11 is 6.01. The first-order valence-corrected chi connectivity index (χ1v) is 8.70. The molecule has 2 rings (SSSR count). The SMILES string of the molecule is CC(NC(=O)c1ccc(NC(=O)C(C)(C)c2cccc(Cl)c2)cc1)C(=O)O. The van der Waals surface area contributed by atoms with Crippen LogP contribution in [0.15, 0.2) is 48.5 Å². The minimum absolute atomic E-state index is 0.221. The number of nitrogens with one attached hydrogen (secondary N) is 2. The summed E-state index contributed by atoms with van der Waals surface area (Å²) in [5, 5.41) is 14.6. The van der Waals surface area contributed by atoms with Crippen LogP contribution in [0.2, 0.25) is 5.02 Å². The number of carbonyl (C=O) groups is 3. The second-order valence-electron chi connectivity index (χ2n) is 6.70. The first kappa shape index (κ1) is 20.5. The zero-order valence-electron chi connectivity index (χ0n) is 15.2. The summed E-state index contributed by atoms with van der Waals surface area (Å²) in [6.07, 6.45) is 0. The van der Waals surface area contributed by atoms with E-state index in [0.29, 0.717) is 16.3 Å². The lowest BCUT2D eigenvalue weighted by Gasteiger charge is -2.24. The van der Waals surface area contributed by atoms with Gasteiger partial charge in [0.15, 0.2) is 0 Å². The van der Waals surface area contributed by atoms with Gasteiger partial charge in [-0.1, -0.05) is 23.7 Å². The van der Waals surface area contributed by atoms with Gasteiger partial charge in [-0.3, -0.25) is 14.4 Å². The molecule has 1 unspecified atom stereocenters. The van der Waals surface area contributed by atoms with Crippen molar-refractivity contribution in [2.45, 2.75) is 32.2 Å². The third kappa shape index (κ3) is 5.08. The normalized spacial score (nSPS) is 12.1. The summed E-state index contributed by atoms with van der Waals surface area (Å²) in [5.41, 5.74) is 0.803. The minimum atomic E-state index is -1.12. The van der Waals surface area contributed by atoms with Gasteiger partial charge in [0.1, 0.15) is 6.04 Å². The van der Waals surface area contributed by atoms with Crippen molar-refractivity contribution in [3.8, 4) is 0 Å². The molecule has 0 aliphatic carbocycles. The van der Waals surface area contributed by atoms with E-state index in [2.05, 4.69) is 10.6 Å². The molecule has 0 radical (unpaired) electrons. The Morgan fingerprint density at radius 1 is 1.07 bits per heavy atom. The molecule has 6 nitrogen and oxygen atoms in total. The number of anilines is 1. The summed E-state index contributed by atoms with van der Waals surface area (Å²) in [6, 6.07) is 12.3. The Bertz CT molecular complexity index is 863. The first-order chi connectivity index (χ1) is 12.6. The molecular weight excluding hydrogens is 368 g/mol. The van der Waals surface area contributed by atoms with Gasteiger partial charge >= 0.3 is 5.97 Å². The Labute approximate surface area is 162 Å². The van der Waals surface area contributed by atoms with Crippen LogP contribution < -0.4 is 10.6 Å². The summed E-state index contributed by atoms with van der Waals surface area (Å²) in [7, 11) is 0. The number of carboxylic acid groups (broad SMARTS) is 1. The van der Waals surface area contributed by atoms with E-state index in [4.69, 9.17) is 16.7 Å². The highest BCUT2D eigenvalue weighted by molar-refractivity contribution is 6.30. The minimum Gasteiger partial charge on any atom is -0.480 e. The summed E-state index contributed by atoms with van der Waals surface area (Å²) in [4.78, 5) is 35.5. The molecule has 7 heteroatoms. The van der Waals surface area contributed by atoms with Crippen LogP contribution in [0.1, 0.15) is 36.7 Å². The van der Waals surface area contributed by atoms with E-state index >= 15 is 0 Å². The number of aliphatic carboxylic acids is 1. The molecular formula is C20H21ClN2O4. The summed E-state index contributed by atoms with van der Waals surface area (Å²) in [5.74, 6) is -1.83. The van der Waals surface area contributed by atoms with Gasteiger partial charge in [0.2, 0.25) is 5.91 Å². The van der Waals surface area contributed by atoms with Crippen molar-refractivity contribution in [3.63, 3.8) is 0 Å². The smallest absolute Gasteiger partial charge is 0.325 e. The van der Waals surface area contributed by atoms with Crippen LogP contribution in [-0.4, -0.2) is 28.9 Å². The molecule has 3 N–H and O–H groups in total. The summed E-state index contributed by atoms with van der Waals surface area (Å²) < 4.78 is 0. The molecule has 0 aliphatic heterocycles. The average molecular weight is 389 g/mol. The zero-order chi connectivity index (χ0) is 20.2. The van der Waals surface area contributed by atoms with Crippen molar-refractivity contribution >= 4 is 35.1 Å². The number of amides is 2. The van der Waals surface area contributed by atoms with Crippen molar-refractivity contribution in [2.75, 3.05) is 5.32 Å². The molecule has 142 valence electrons. The van der Waals surface area contributed by atoms with E-state index in [0.717, 1.165) is 5.56 Å². The van der Waals surface area contributed by atoms with Gasteiger partial charge in [-0.05, 0) is 62.7 Å². The van der Waals surface area contributed by atoms with Crippen molar-refractivity contribution in [1.29, 1.82) is 0 Å². The van der Waals surface area contributed by atoms with E-state index < -0.39 is 23.3 Å². The van der Waals surface area contributed by atoms with Gasteiger partial charge in [0.25, 0.3) is 5.91 Å². The molecule has 1 atom stereocenters. The number of hydrogen-bond acceptors (Lipinski definition) is 3. The second-order valence-corrected chi connectivity index (χ2v) is 7.14. The maximum atomic E-state index is 12.7. The highest BCUT2D eigenvalue weighted by atomic mass is 35.5. The fourth-order valence-electron chi connectivity index (χ4n) is 2.34. The molecule has 0 spiro atoms.